The first-order valence-corrected chi connectivity index (χ1v) is 8.91. The second kappa shape index (κ2) is 4.18. The quantitative estimate of drug-likeness (QED) is 0.577. The topological polar surface area (TPSA) is 132 Å². The van der Waals surface area contributed by atoms with Gasteiger partial charge in [0.25, 0.3) is 20.2 Å². The smallest absolute Gasteiger partial charge is 0.295 e. The van der Waals surface area contributed by atoms with Crippen LogP contribution in [0.2, 0.25) is 0 Å². The highest BCUT2D eigenvalue weighted by Gasteiger charge is 2.32. The first kappa shape index (κ1) is 13.8. The second-order valence-electron chi connectivity index (χ2n) is 3.74. The molecule has 10 heteroatoms. The van der Waals surface area contributed by atoms with Gasteiger partial charge in [-0.1, -0.05) is 0 Å². The average Bonchev–Trinajstić information content (AvgIpc) is 2.52. The molecule has 1 heterocycles. The van der Waals surface area contributed by atoms with Gasteiger partial charge in [-0.15, -0.1) is 0 Å². The summed E-state index contributed by atoms with van der Waals surface area (Å²) in [6, 6.07) is 1.72. The first-order valence-electron chi connectivity index (χ1n) is 4.55. The maximum absolute atomic E-state index is 11.4. The fourth-order valence-corrected chi connectivity index (χ4v) is 4.62. The third-order valence-corrected chi connectivity index (χ3v) is 5.47. The zero-order valence-corrected chi connectivity index (χ0v) is 11.2. The van der Waals surface area contributed by atoms with E-state index in [2.05, 4.69) is 0 Å². The van der Waals surface area contributed by atoms with Crippen LogP contribution in [0.3, 0.4) is 0 Å². The molecule has 1 aromatic carbocycles. The number of benzene rings is 1. The molecule has 0 bridgehead atoms. The maximum atomic E-state index is 11.4. The van der Waals surface area contributed by atoms with E-state index in [0.29, 0.717) is 6.07 Å². The molecule has 1 unspecified atom stereocenters. The summed E-state index contributed by atoms with van der Waals surface area (Å²) in [4.78, 5) is -1.27. The maximum Gasteiger partial charge on any atom is 0.295 e. The molecule has 0 amide bonds. The van der Waals surface area contributed by atoms with Crippen molar-refractivity contribution in [1.29, 1.82) is 0 Å². The molecule has 0 saturated heterocycles. The standard InChI is InChI=1S/C8H8O7S3/c9-16-3-5-1-6(17(10,11)12)2-8(7(5)4-16)18(13,14)15/h1-2H,3-4H2,(H,10,11,12)(H,13,14,15). The Labute approximate surface area is 107 Å². The zero-order valence-electron chi connectivity index (χ0n) is 8.73. The van der Waals surface area contributed by atoms with Crippen molar-refractivity contribution in [3.05, 3.63) is 23.3 Å². The van der Waals surface area contributed by atoms with Gasteiger partial charge in [0.05, 0.1) is 4.90 Å². The van der Waals surface area contributed by atoms with Crippen LogP contribution < -0.4 is 0 Å². The van der Waals surface area contributed by atoms with Crippen LogP contribution in [0.4, 0.5) is 0 Å². The van der Waals surface area contributed by atoms with E-state index in [1.807, 2.05) is 0 Å². The summed E-state index contributed by atoms with van der Waals surface area (Å²) < 4.78 is 73.6. The second-order valence-corrected chi connectivity index (χ2v) is 8.01. The molecule has 0 spiro atoms. The van der Waals surface area contributed by atoms with Crippen molar-refractivity contribution in [3.63, 3.8) is 0 Å². The van der Waals surface area contributed by atoms with Gasteiger partial charge >= 0.3 is 0 Å². The van der Waals surface area contributed by atoms with Gasteiger partial charge in [0, 0.05) is 11.1 Å². The van der Waals surface area contributed by atoms with Crippen LogP contribution in [0, 0.1) is 0 Å². The Morgan fingerprint density at radius 1 is 1.06 bits per heavy atom. The fourth-order valence-electron chi connectivity index (χ4n) is 1.73. The van der Waals surface area contributed by atoms with Gasteiger partial charge in [0.15, 0.2) is 0 Å². The van der Waals surface area contributed by atoms with E-state index in [9.17, 15) is 21.4 Å². The Morgan fingerprint density at radius 3 is 2.17 bits per heavy atom. The Bertz CT molecular complexity index is 704. The minimum absolute atomic E-state index is 0.0127. The van der Waals surface area contributed by atoms with Gasteiger partial charge in [-0.2, -0.15) is 16.8 Å². The highest BCUT2D eigenvalue weighted by Crippen LogP contribution is 2.33. The molecule has 1 atom stereocenters. The van der Waals surface area contributed by atoms with Crippen molar-refractivity contribution < 1.29 is 30.5 Å². The van der Waals surface area contributed by atoms with Crippen LogP contribution in [0.15, 0.2) is 21.9 Å². The molecule has 100 valence electrons. The van der Waals surface area contributed by atoms with Crippen molar-refractivity contribution in [2.45, 2.75) is 21.3 Å². The lowest BCUT2D eigenvalue weighted by Gasteiger charge is -2.05. The molecule has 0 aromatic heterocycles. The Hall–Kier alpha value is -0.650. The minimum Gasteiger partial charge on any atom is -0.616 e. The van der Waals surface area contributed by atoms with Gasteiger partial charge in [-0.3, -0.25) is 9.11 Å². The van der Waals surface area contributed by atoms with Crippen LogP contribution in [-0.4, -0.2) is 30.5 Å². The van der Waals surface area contributed by atoms with E-state index in [1.54, 1.807) is 0 Å². The summed E-state index contributed by atoms with van der Waals surface area (Å²) >= 11 is -1.35. The molecule has 2 N–H and O–H groups in total. The Balaban J connectivity index is 2.78. The average molecular weight is 312 g/mol. The number of rotatable bonds is 2. The molecule has 1 aliphatic heterocycles. The normalized spacial score (nSPS) is 19.8. The summed E-state index contributed by atoms with van der Waals surface area (Å²) in [5.74, 6) is -0.0859. The third-order valence-electron chi connectivity index (χ3n) is 2.47. The van der Waals surface area contributed by atoms with Gasteiger partial charge < -0.3 is 4.55 Å². The van der Waals surface area contributed by atoms with Crippen LogP contribution in [0.5, 0.6) is 0 Å². The number of hydrogen-bond donors (Lipinski definition) is 2. The van der Waals surface area contributed by atoms with E-state index >= 15 is 0 Å². The monoisotopic (exact) mass is 312 g/mol. The molecule has 18 heavy (non-hydrogen) atoms. The lowest BCUT2D eigenvalue weighted by Crippen LogP contribution is -2.07. The van der Waals surface area contributed by atoms with Crippen molar-refractivity contribution in [3.8, 4) is 0 Å². The van der Waals surface area contributed by atoms with E-state index in [-0.39, 0.29) is 22.6 Å². The molecule has 1 aliphatic rings. The largest absolute Gasteiger partial charge is 0.616 e. The van der Waals surface area contributed by atoms with Crippen molar-refractivity contribution in [2.75, 3.05) is 0 Å². The fraction of sp³-hybridized carbons (Fsp3) is 0.250. The van der Waals surface area contributed by atoms with Crippen molar-refractivity contribution >= 4 is 31.4 Å². The van der Waals surface area contributed by atoms with E-state index < -0.39 is 41.2 Å². The van der Waals surface area contributed by atoms with Crippen LogP contribution in [-0.2, 0) is 42.9 Å². The van der Waals surface area contributed by atoms with Crippen LogP contribution in [0.1, 0.15) is 11.1 Å². The summed E-state index contributed by atoms with van der Waals surface area (Å²) in [7, 11) is -9.24. The molecule has 0 fully saturated rings. The van der Waals surface area contributed by atoms with Crippen molar-refractivity contribution in [2.24, 2.45) is 0 Å². The SMILES string of the molecule is O=S(=O)(O)c1cc2c(c(S(=O)(=O)O)c1)C[S+]([O-])C2. The highest BCUT2D eigenvalue weighted by molar-refractivity contribution is 7.90. The number of hydrogen-bond acceptors (Lipinski definition) is 5. The molecule has 0 radical (unpaired) electrons. The predicted molar refractivity (Wildman–Crippen MR) is 61.6 cm³/mol. The Kier molecular flexibility index (Phi) is 3.20. The molecule has 1 aromatic rings. The van der Waals surface area contributed by atoms with Crippen molar-refractivity contribution in [1.82, 2.24) is 0 Å². The summed E-state index contributed by atoms with van der Waals surface area (Å²) in [6.45, 7) is 0. The zero-order chi connectivity index (χ0) is 13.7. The van der Waals surface area contributed by atoms with Crippen LogP contribution in [0.25, 0.3) is 0 Å². The van der Waals surface area contributed by atoms with Gasteiger partial charge in [-0.05, 0) is 23.3 Å². The summed E-state index contributed by atoms with van der Waals surface area (Å²) in [6.07, 6.45) is 0. The lowest BCUT2D eigenvalue weighted by molar-refractivity contribution is 0.480. The van der Waals surface area contributed by atoms with Gasteiger partial charge in [0.2, 0.25) is 0 Å². The predicted octanol–water partition coefficient (Wildman–Crippen LogP) is -0.0577. The lowest BCUT2D eigenvalue weighted by atomic mass is 10.1. The number of fused-ring (bicyclic) bond motifs is 1. The minimum atomic E-state index is -4.64. The molecular weight excluding hydrogens is 304 g/mol. The highest BCUT2D eigenvalue weighted by atomic mass is 32.2. The summed E-state index contributed by atoms with van der Waals surface area (Å²) in [5, 5.41) is 0. The molecule has 7 nitrogen and oxygen atoms in total. The Morgan fingerprint density at radius 2 is 1.67 bits per heavy atom. The van der Waals surface area contributed by atoms with Gasteiger partial charge in [0.1, 0.15) is 16.4 Å². The molecule has 2 rings (SSSR count). The summed E-state index contributed by atoms with van der Waals surface area (Å²) in [5.41, 5.74) is 0.360. The van der Waals surface area contributed by atoms with E-state index in [1.165, 1.54) is 0 Å². The van der Waals surface area contributed by atoms with Crippen LogP contribution >= 0.6 is 0 Å². The van der Waals surface area contributed by atoms with E-state index in [0.717, 1.165) is 6.07 Å². The van der Waals surface area contributed by atoms with E-state index in [4.69, 9.17) is 9.11 Å². The molecule has 0 aliphatic carbocycles. The van der Waals surface area contributed by atoms with Gasteiger partial charge in [-0.25, -0.2) is 0 Å². The molecule has 0 saturated carbocycles. The third kappa shape index (κ3) is 2.53. The molecular formula is C8H8O7S3. The first-order chi connectivity index (χ1) is 8.09.